The summed E-state index contributed by atoms with van der Waals surface area (Å²) in [5.41, 5.74) is 0.671. The number of aromatic nitrogens is 1. The van der Waals surface area contributed by atoms with Crippen LogP contribution in [0.3, 0.4) is 0 Å². The Labute approximate surface area is 111 Å². The monoisotopic (exact) mass is 260 g/mol. The molecule has 0 aromatic carbocycles. The number of aliphatic carboxylic acids is 1. The summed E-state index contributed by atoms with van der Waals surface area (Å²) in [6.07, 6.45) is 3.89. The first-order chi connectivity index (χ1) is 9.11. The highest BCUT2D eigenvalue weighted by Crippen LogP contribution is 2.22. The minimum atomic E-state index is -0.997. The molecule has 2 heterocycles. The zero-order valence-corrected chi connectivity index (χ0v) is 10.5. The number of carboxylic acids is 1. The van der Waals surface area contributed by atoms with Gasteiger partial charge in [-0.05, 0) is 12.1 Å². The van der Waals surface area contributed by atoms with E-state index in [2.05, 4.69) is 11.6 Å². The summed E-state index contributed by atoms with van der Waals surface area (Å²) in [7, 11) is 0. The second-order valence-corrected chi connectivity index (χ2v) is 4.63. The normalized spacial score (nSPS) is 20.3. The summed E-state index contributed by atoms with van der Waals surface area (Å²) in [4.78, 5) is 28.8. The van der Waals surface area contributed by atoms with Gasteiger partial charge in [0, 0.05) is 37.2 Å². The van der Waals surface area contributed by atoms with E-state index in [1.807, 2.05) is 0 Å². The van der Waals surface area contributed by atoms with E-state index in [1.54, 1.807) is 30.5 Å². The second kappa shape index (κ2) is 5.65. The number of carbonyl (C=O) groups is 2. The minimum Gasteiger partial charge on any atom is -0.480 e. The van der Waals surface area contributed by atoms with Crippen LogP contribution in [0.4, 0.5) is 0 Å². The lowest BCUT2D eigenvalue weighted by Gasteiger charge is -2.24. The molecule has 1 aliphatic heterocycles. The molecule has 1 N–H and O–H groups in total. The van der Waals surface area contributed by atoms with Gasteiger partial charge in [-0.2, -0.15) is 0 Å². The van der Waals surface area contributed by atoms with Crippen molar-refractivity contribution in [3.05, 3.63) is 42.7 Å². The lowest BCUT2D eigenvalue weighted by Crippen LogP contribution is -2.43. The Morgan fingerprint density at radius 3 is 2.95 bits per heavy atom. The Morgan fingerprint density at radius 1 is 1.63 bits per heavy atom. The van der Waals surface area contributed by atoms with Gasteiger partial charge in [-0.3, -0.25) is 9.78 Å². The molecule has 0 aliphatic carbocycles. The summed E-state index contributed by atoms with van der Waals surface area (Å²) >= 11 is 0. The molecular formula is C14H16N2O3. The maximum absolute atomic E-state index is 11.9. The first-order valence-electron chi connectivity index (χ1n) is 6.16. The van der Waals surface area contributed by atoms with Crippen molar-refractivity contribution in [3.8, 4) is 0 Å². The van der Waals surface area contributed by atoms with Gasteiger partial charge < -0.3 is 10.0 Å². The van der Waals surface area contributed by atoms with E-state index in [1.165, 1.54) is 4.90 Å². The zero-order valence-electron chi connectivity index (χ0n) is 10.5. The van der Waals surface area contributed by atoms with Crippen LogP contribution in [0.25, 0.3) is 0 Å². The van der Waals surface area contributed by atoms with E-state index in [9.17, 15) is 14.7 Å². The Morgan fingerprint density at radius 2 is 2.42 bits per heavy atom. The van der Waals surface area contributed by atoms with Gasteiger partial charge >= 0.3 is 5.97 Å². The van der Waals surface area contributed by atoms with E-state index in [-0.39, 0.29) is 18.2 Å². The van der Waals surface area contributed by atoms with Crippen LogP contribution < -0.4 is 0 Å². The fourth-order valence-corrected chi connectivity index (χ4v) is 2.27. The molecule has 5 nitrogen and oxygen atoms in total. The Hall–Kier alpha value is -2.17. The molecule has 1 unspecified atom stereocenters. The first-order valence-corrected chi connectivity index (χ1v) is 6.16. The Kier molecular flexibility index (Phi) is 3.94. The van der Waals surface area contributed by atoms with Crippen molar-refractivity contribution in [2.24, 2.45) is 5.92 Å². The summed E-state index contributed by atoms with van der Waals surface area (Å²) < 4.78 is 0. The first kappa shape index (κ1) is 13.3. The van der Waals surface area contributed by atoms with Gasteiger partial charge in [-0.25, -0.2) is 4.79 Å². The quantitative estimate of drug-likeness (QED) is 0.805. The van der Waals surface area contributed by atoms with Crippen LogP contribution >= 0.6 is 0 Å². The molecular weight excluding hydrogens is 244 g/mol. The molecule has 19 heavy (non-hydrogen) atoms. The fraction of sp³-hybridized carbons (Fsp3) is 0.357. The van der Waals surface area contributed by atoms with Gasteiger partial charge in [0.25, 0.3) is 0 Å². The van der Waals surface area contributed by atoms with Crippen LogP contribution in [-0.4, -0.2) is 39.5 Å². The molecule has 2 atom stereocenters. The Balaban J connectivity index is 2.15. The molecule has 1 aliphatic rings. The van der Waals surface area contributed by atoms with Gasteiger partial charge in [0.1, 0.15) is 6.04 Å². The van der Waals surface area contributed by atoms with E-state index >= 15 is 0 Å². The van der Waals surface area contributed by atoms with Crippen molar-refractivity contribution >= 4 is 11.9 Å². The molecule has 0 radical (unpaired) electrons. The van der Waals surface area contributed by atoms with E-state index < -0.39 is 12.0 Å². The lowest BCUT2D eigenvalue weighted by atomic mass is 10.1. The third-order valence-electron chi connectivity index (χ3n) is 3.31. The number of nitrogens with zero attached hydrogens (tertiary/aromatic N) is 2. The van der Waals surface area contributed by atoms with Crippen LogP contribution in [0.2, 0.25) is 0 Å². The minimum absolute atomic E-state index is 0.0399. The lowest BCUT2D eigenvalue weighted by molar-refractivity contribution is -0.148. The maximum Gasteiger partial charge on any atom is 0.326 e. The van der Waals surface area contributed by atoms with Crippen molar-refractivity contribution in [3.63, 3.8) is 0 Å². The number of carbonyl (C=O) groups excluding carboxylic acids is 1. The van der Waals surface area contributed by atoms with Crippen LogP contribution in [0, 0.1) is 5.92 Å². The molecule has 1 fully saturated rings. The fourth-order valence-electron chi connectivity index (χ4n) is 2.27. The third-order valence-corrected chi connectivity index (χ3v) is 3.31. The highest BCUT2D eigenvalue weighted by molar-refractivity contribution is 5.85. The number of pyridine rings is 1. The van der Waals surface area contributed by atoms with Crippen LogP contribution in [0.15, 0.2) is 37.1 Å². The van der Waals surface area contributed by atoms with Crippen LogP contribution in [-0.2, 0) is 16.0 Å². The maximum atomic E-state index is 11.9. The highest BCUT2D eigenvalue weighted by Gasteiger charge is 2.36. The van der Waals surface area contributed by atoms with Crippen LogP contribution in [0.5, 0.6) is 0 Å². The molecule has 2 rings (SSSR count). The number of rotatable bonds is 5. The number of hydrogen-bond acceptors (Lipinski definition) is 3. The summed E-state index contributed by atoms with van der Waals surface area (Å²) in [6.45, 7) is 4.08. The number of hydrogen-bond donors (Lipinski definition) is 1. The Bertz CT molecular complexity index is 487. The van der Waals surface area contributed by atoms with Crippen LogP contribution in [0.1, 0.15) is 12.1 Å². The number of carboxylic acid groups (broad SMARTS) is 1. The third kappa shape index (κ3) is 2.99. The summed E-state index contributed by atoms with van der Waals surface area (Å²) in [5, 5.41) is 9.32. The standard InChI is InChI=1S/C14H16N2O3/c1-2-10-7-13(17)16(9-10)12(14(18)19)8-11-5-3-4-6-15-11/h2-6,10,12H,1,7-9H2,(H,18,19)/t10?,12-/m0/s1. The molecule has 1 aromatic heterocycles. The smallest absolute Gasteiger partial charge is 0.326 e. The molecule has 1 amide bonds. The molecule has 5 heteroatoms. The van der Waals surface area contributed by atoms with Crippen molar-refractivity contribution in [2.45, 2.75) is 18.9 Å². The molecule has 0 bridgehead atoms. The molecule has 0 spiro atoms. The summed E-state index contributed by atoms with van der Waals surface area (Å²) in [5.74, 6) is -1.09. The number of likely N-dealkylation sites (tertiary alicyclic amines) is 1. The van der Waals surface area contributed by atoms with E-state index in [0.29, 0.717) is 18.7 Å². The SMILES string of the molecule is C=CC1CC(=O)N([C@@H](Cc2ccccn2)C(=O)O)C1. The van der Waals surface area contributed by atoms with Gasteiger partial charge in [-0.15, -0.1) is 6.58 Å². The van der Waals surface area contributed by atoms with Gasteiger partial charge in [0.2, 0.25) is 5.91 Å². The van der Waals surface area contributed by atoms with Crippen molar-refractivity contribution in [1.82, 2.24) is 9.88 Å². The van der Waals surface area contributed by atoms with E-state index in [4.69, 9.17) is 0 Å². The predicted octanol–water partition coefficient (Wildman–Crippen LogP) is 1.11. The average Bonchev–Trinajstić information content (AvgIpc) is 2.78. The largest absolute Gasteiger partial charge is 0.480 e. The predicted molar refractivity (Wildman–Crippen MR) is 69.4 cm³/mol. The van der Waals surface area contributed by atoms with Gasteiger partial charge in [0.05, 0.1) is 0 Å². The molecule has 1 saturated heterocycles. The van der Waals surface area contributed by atoms with Crippen molar-refractivity contribution in [1.29, 1.82) is 0 Å². The van der Waals surface area contributed by atoms with Crippen molar-refractivity contribution < 1.29 is 14.7 Å². The average molecular weight is 260 g/mol. The molecule has 0 saturated carbocycles. The van der Waals surface area contributed by atoms with E-state index in [0.717, 1.165) is 0 Å². The van der Waals surface area contributed by atoms with Gasteiger partial charge in [0.15, 0.2) is 0 Å². The van der Waals surface area contributed by atoms with Crippen molar-refractivity contribution in [2.75, 3.05) is 6.54 Å². The zero-order chi connectivity index (χ0) is 13.8. The second-order valence-electron chi connectivity index (χ2n) is 4.63. The topological polar surface area (TPSA) is 70.5 Å². The summed E-state index contributed by atoms with van der Waals surface area (Å²) in [6, 6.07) is 4.49. The molecule has 1 aromatic rings. The van der Waals surface area contributed by atoms with Gasteiger partial charge in [-0.1, -0.05) is 12.1 Å². The highest BCUT2D eigenvalue weighted by atomic mass is 16.4. The number of amides is 1. The molecule has 100 valence electrons.